The Morgan fingerprint density at radius 3 is 2.79 bits per heavy atom. The number of benzene rings is 1. The fraction of sp³-hybridized carbons (Fsp3) is 0.0909. The van der Waals surface area contributed by atoms with Gasteiger partial charge >= 0.3 is 11.1 Å². The fourth-order valence-corrected chi connectivity index (χ4v) is 2.37. The maximum atomic E-state index is 11.3. The number of hydrogen-bond donors (Lipinski definition) is 3. The molecule has 0 aliphatic carbocycles. The zero-order chi connectivity index (χ0) is 14.0. The van der Waals surface area contributed by atoms with Crippen LogP contribution < -0.4 is 16.9 Å². The molecular formula is C11H11N5O2S. The molecule has 0 aliphatic rings. The van der Waals surface area contributed by atoms with Gasteiger partial charge in [0.15, 0.2) is 5.16 Å². The van der Waals surface area contributed by atoms with Gasteiger partial charge in [0.25, 0.3) is 0 Å². The first kappa shape index (κ1) is 13.1. The summed E-state index contributed by atoms with van der Waals surface area (Å²) in [6, 6.07) is 7.02. The molecule has 0 saturated heterocycles. The molecule has 0 spiro atoms. The highest BCUT2D eigenvalue weighted by Gasteiger charge is 2.10. The Labute approximate surface area is 112 Å². The third-order valence-electron chi connectivity index (χ3n) is 2.33. The second-order valence-electron chi connectivity index (χ2n) is 3.71. The summed E-state index contributed by atoms with van der Waals surface area (Å²) in [7, 11) is 1.58. The monoisotopic (exact) mass is 277 g/mol. The van der Waals surface area contributed by atoms with Gasteiger partial charge in [0.05, 0.1) is 0 Å². The summed E-state index contributed by atoms with van der Waals surface area (Å²) in [6.45, 7) is 0. The molecule has 0 fully saturated rings. The number of H-pyrrole nitrogens is 1. The van der Waals surface area contributed by atoms with Crippen molar-refractivity contribution < 1.29 is 0 Å². The molecule has 0 saturated carbocycles. The molecule has 4 N–H and O–H groups in total. The molecule has 0 amide bonds. The van der Waals surface area contributed by atoms with E-state index < -0.39 is 11.1 Å². The van der Waals surface area contributed by atoms with Crippen molar-refractivity contribution in [2.24, 2.45) is 12.8 Å². The Hall–Kier alpha value is -2.35. The molecule has 1 heterocycles. The topological polar surface area (TPSA) is 118 Å². The molecule has 1 aromatic heterocycles. The Balaban J connectivity index is 2.48. The number of aromatic nitrogens is 3. The van der Waals surface area contributed by atoms with Crippen molar-refractivity contribution in [2.75, 3.05) is 0 Å². The Morgan fingerprint density at radius 2 is 2.11 bits per heavy atom. The molecule has 0 bridgehead atoms. The van der Waals surface area contributed by atoms with Gasteiger partial charge in [0, 0.05) is 17.5 Å². The van der Waals surface area contributed by atoms with E-state index >= 15 is 0 Å². The van der Waals surface area contributed by atoms with Gasteiger partial charge in [-0.2, -0.15) is 4.98 Å². The average molecular weight is 277 g/mol. The van der Waals surface area contributed by atoms with Crippen LogP contribution in [0, 0.1) is 5.41 Å². The number of aromatic amines is 1. The van der Waals surface area contributed by atoms with Crippen molar-refractivity contribution >= 4 is 17.6 Å². The Bertz CT molecular complexity index is 749. The van der Waals surface area contributed by atoms with Crippen molar-refractivity contribution in [1.29, 1.82) is 5.41 Å². The van der Waals surface area contributed by atoms with Crippen LogP contribution in [0.15, 0.2) is 43.9 Å². The lowest BCUT2D eigenvalue weighted by Gasteiger charge is -2.09. The molecular weight excluding hydrogens is 266 g/mol. The van der Waals surface area contributed by atoms with E-state index in [1.807, 2.05) is 0 Å². The van der Waals surface area contributed by atoms with Crippen LogP contribution in [0.1, 0.15) is 5.56 Å². The van der Waals surface area contributed by atoms with Gasteiger partial charge in [-0.1, -0.05) is 18.2 Å². The summed E-state index contributed by atoms with van der Waals surface area (Å²) in [4.78, 5) is 26.7. The van der Waals surface area contributed by atoms with Crippen LogP contribution in [0.3, 0.4) is 0 Å². The Morgan fingerprint density at radius 1 is 1.42 bits per heavy atom. The molecule has 0 radical (unpaired) electrons. The molecule has 98 valence electrons. The number of nitrogen functional groups attached to an aromatic ring is 1. The van der Waals surface area contributed by atoms with E-state index in [9.17, 15) is 9.59 Å². The fourth-order valence-electron chi connectivity index (χ4n) is 1.43. The summed E-state index contributed by atoms with van der Waals surface area (Å²) in [5, 5.41) is 10.2. The number of nitrogens with two attached hydrogens (primary N) is 1. The normalized spacial score (nSPS) is 10.4. The van der Waals surface area contributed by atoms with Crippen LogP contribution in [0.4, 0.5) is 0 Å². The van der Waals surface area contributed by atoms with Crippen LogP contribution in [-0.2, 0) is 7.05 Å². The van der Waals surface area contributed by atoms with Crippen molar-refractivity contribution in [3.05, 3.63) is 50.5 Å². The Kier molecular flexibility index (Phi) is 3.52. The first-order valence-corrected chi connectivity index (χ1v) is 6.09. The standard InChI is InChI=1S/C11H11N5O2S/c1-16-11(14-9(17)10(18)15-16)19-7-5-3-2-4-6(7)8(12)13/h2-5H,1H3,(H3,12,13)(H,15,18). The maximum Gasteiger partial charge on any atom is 0.339 e. The highest BCUT2D eigenvalue weighted by Crippen LogP contribution is 2.27. The zero-order valence-corrected chi connectivity index (χ0v) is 10.8. The van der Waals surface area contributed by atoms with Crippen molar-refractivity contribution in [3.63, 3.8) is 0 Å². The number of nitrogens with one attached hydrogen (secondary N) is 2. The lowest BCUT2D eigenvalue weighted by Crippen LogP contribution is -2.33. The van der Waals surface area contributed by atoms with E-state index in [-0.39, 0.29) is 5.84 Å². The van der Waals surface area contributed by atoms with Gasteiger partial charge in [-0.05, 0) is 17.8 Å². The molecule has 0 atom stereocenters. The number of aryl methyl sites for hydroxylation is 1. The van der Waals surface area contributed by atoms with Crippen LogP contribution in [-0.4, -0.2) is 20.6 Å². The van der Waals surface area contributed by atoms with Gasteiger partial charge < -0.3 is 5.73 Å². The lowest BCUT2D eigenvalue weighted by molar-refractivity contribution is 0.596. The summed E-state index contributed by atoms with van der Waals surface area (Å²) in [6.07, 6.45) is 0. The summed E-state index contributed by atoms with van der Waals surface area (Å²) < 4.78 is 1.35. The van der Waals surface area contributed by atoms with Crippen molar-refractivity contribution in [2.45, 2.75) is 10.1 Å². The minimum atomic E-state index is -0.846. The summed E-state index contributed by atoms with van der Waals surface area (Å²) >= 11 is 1.15. The predicted molar refractivity (Wildman–Crippen MR) is 71.7 cm³/mol. The number of rotatable bonds is 3. The van der Waals surface area contributed by atoms with Gasteiger partial charge in [0.1, 0.15) is 5.84 Å². The molecule has 2 aromatic rings. The highest BCUT2D eigenvalue weighted by atomic mass is 32.2. The van der Waals surface area contributed by atoms with E-state index in [1.165, 1.54) is 4.68 Å². The van der Waals surface area contributed by atoms with Crippen molar-refractivity contribution in [3.8, 4) is 0 Å². The molecule has 19 heavy (non-hydrogen) atoms. The average Bonchev–Trinajstić information content (AvgIpc) is 2.36. The van der Waals surface area contributed by atoms with Crippen LogP contribution >= 0.6 is 11.8 Å². The van der Waals surface area contributed by atoms with Gasteiger partial charge in [-0.3, -0.25) is 24.8 Å². The first-order chi connectivity index (χ1) is 8.99. The SMILES string of the molecule is Cn1[nH]c(=O)c(=O)nc1Sc1ccccc1C(=N)N. The largest absolute Gasteiger partial charge is 0.384 e. The minimum Gasteiger partial charge on any atom is -0.384 e. The van der Waals surface area contributed by atoms with Crippen molar-refractivity contribution in [1.82, 2.24) is 14.8 Å². The quantitative estimate of drug-likeness (QED) is 0.411. The first-order valence-electron chi connectivity index (χ1n) is 5.27. The van der Waals surface area contributed by atoms with E-state index in [0.717, 1.165) is 11.8 Å². The number of hydrogen-bond acceptors (Lipinski definition) is 5. The van der Waals surface area contributed by atoms with E-state index in [4.69, 9.17) is 11.1 Å². The van der Waals surface area contributed by atoms with Crippen LogP contribution in [0.2, 0.25) is 0 Å². The minimum absolute atomic E-state index is 0.0717. The molecule has 0 unspecified atom stereocenters. The molecule has 1 aromatic carbocycles. The number of amidine groups is 1. The second kappa shape index (κ2) is 5.11. The molecule has 8 heteroatoms. The molecule has 2 rings (SSSR count). The number of nitrogens with zero attached hydrogens (tertiary/aromatic N) is 2. The lowest BCUT2D eigenvalue weighted by atomic mass is 10.2. The highest BCUT2D eigenvalue weighted by molar-refractivity contribution is 7.99. The molecule has 7 nitrogen and oxygen atoms in total. The third kappa shape index (κ3) is 2.74. The van der Waals surface area contributed by atoms with Crippen LogP contribution in [0.5, 0.6) is 0 Å². The predicted octanol–water partition coefficient (Wildman–Crippen LogP) is -0.0961. The van der Waals surface area contributed by atoms with E-state index in [1.54, 1.807) is 31.3 Å². The second-order valence-corrected chi connectivity index (χ2v) is 4.72. The van der Waals surface area contributed by atoms with E-state index in [2.05, 4.69) is 10.1 Å². The maximum absolute atomic E-state index is 11.3. The van der Waals surface area contributed by atoms with Gasteiger partial charge in [0.2, 0.25) is 0 Å². The summed E-state index contributed by atoms with van der Waals surface area (Å²) in [5.41, 5.74) is 4.41. The van der Waals surface area contributed by atoms with E-state index in [0.29, 0.717) is 15.6 Å². The van der Waals surface area contributed by atoms with Crippen LogP contribution in [0.25, 0.3) is 0 Å². The van der Waals surface area contributed by atoms with Gasteiger partial charge in [-0.15, -0.1) is 0 Å². The van der Waals surface area contributed by atoms with Gasteiger partial charge in [-0.25, -0.2) is 0 Å². The third-order valence-corrected chi connectivity index (χ3v) is 3.45. The zero-order valence-electron chi connectivity index (χ0n) is 10.0. The smallest absolute Gasteiger partial charge is 0.339 e. The summed E-state index contributed by atoms with van der Waals surface area (Å²) in [5.74, 6) is -0.0717. The molecule has 0 aliphatic heterocycles.